The zero-order chi connectivity index (χ0) is 46.0. The first-order valence-corrected chi connectivity index (χ1v) is 21.5. The number of nitrogens with zero attached hydrogens (tertiary/aromatic N) is 6. The van der Waals surface area contributed by atoms with E-state index in [1.807, 2.05) is 78.9 Å². The molecule has 6 rings (SSSR count). The van der Waals surface area contributed by atoms with Crippen LogP contribution in [-0.4, -0.2) is 92.9 Å². The first-order valence-electron chi connectivity index (χ1n) is 21.5. The number of benzene rings is 2. The van der Waals surface area contributed by atoms with Gasteiger partial charge in [0.05, 0.1) is 42.5 Å². The molecule has 11 nitrogen and oxygen atoms in total. The SMILES string of the molecule is C#CCCOc1ccc(C#Cc2cc(CN3CCN(CC(C)=O)Cc4cccc(n4)CN(Cc4cc(C#Cc5ccc(OCCC#C)cc5)cc(C(C)=O)n4)CC3)nc(C(C)=O)c2)cc1. The summed E-state index contributed by atoms with van der Waals surface area (Å²) in [6.07, 6.45) is 11.7. The lowest BCUT2D eigenvalue weighted by atomic mass is 10.1. The van der Waals surface area contributed by atoms with E-state index in [0.29, 0.717) is 124 Å². The number of ether oxygens (including phenoxy) is 2. The molecule has 1 aliphatic heterocycles. The van der Waals surface area contributed by atoms with Gasteiger partial charge in [-0.25, -0.2) is 9.97 Å². The largest absolute Gasteiger partial charge is 0.493 e. The van der Waals surface area contributed by atoms with Crippen LogP contribution in [0.1, 0.15) is 99.6 Å². The van der Waals surface area contributed by atoms with Gasteiger partial charge in [0.25, 0.3) is 0 Å². The Hall–Kier alpha value is -7.38. The Morgan fingerprint density at radius 3 is 1.45 bits per heavy atom. The standard InChI is InChI=1S/C54H52N6O5/c1-6-8-29-64-51-21-17-43(18-22-51)13-15-45-31-49(56-53(33-45)41(4)62)38-58-25-27-59(35-40(3)61)36-47-11-10-12-48(55-47)37-60(28-26-58)39-50-32-46(34-54(57-50)42(5)63)16-14-44-19-23-52(24-20-44)65-30-9-7-2/h1-2,10-12,17-24,31-34H,8-9,25-30,35-39H2,3-5H3. The van der Waals surface area contributed by atoms with Gasteiger partial charge in [-0.2, -0.15) is 0 Å². The summed E-state index contributed by atoms with van der Waals surface area (Å²) in [5, 5.41) is 0. The van der Waals surface area contributed by atoms with Crippen molar-refractivity contribution in [3.05, 3.63) is 147 Å². The van der Waals surface area contributed by atoms with E-state index < -0.39 is 0 Å². The third-order valence-electron chi connectivity index (χ3n) is 10.2. The molecule has 4 heterocycles. The molecule has 65 heavy (non-hydrogen) atoms. The monoisotopic (exact) mass is 864 g/mol. The Kier molecular flexibility index (Phi) is 17.3. The van der Waals surface area contributed by atoms with Crippen molar-refractivity contribution in [3.8, 4) is 59.9 Å². The minimum absolute atomic E-state index is 0.0694. The van der Waals surface area contributed by atoms with E-state index in [9.17, 15) is 14.4 Å². The number of aromatic nitrogens is 3. The third kappa shape index (κ3) is 15.4. The predicted molar refractivity (Wildman–Crippen MR) is 251 cm³/mol. The molecule has 0 amide bonds. The molecule has 0 fully saturated rings. The second-order valence-corrected chi connectivity index (χ2v) is 15.8. The normalized spacial score (nSPS) is 13.2. The lowest BCUT2D eigenvalue weighted by Crippen LogP contribution is -2.41. The molecular weight excluding hydrogens is 813 g/mol. The molecule has 0 saturated carbocycles. The van der Waals surface area contributed by atoms with Gasteiger partial charge in [0.2, 0.25) is 0 Å². The van der Waals surface area contributed by atoms with Crippen LogP contribution in [0, 0.1) is 48.4 Å². The molecule has 3 aromatic heterocycles. The van der Waals surface area contributed by atoms with Gasteiger partial charge < -0.3 is 9.47 Å². The summed E-state index contributed by atoms with van der Waals surface area (Å²) in [5.41, 5.74) is 6.74. The average molecular weight is 865 g/mol. The minimum Gasteiger partial charge on any atom is -0.493 e. The molecule has 0 N–H and O–H groups in total. The van der Waals surface area contributed by atoms with Crippen LogP contribution in [-0.2, 0) is 31.0 Å². The number of hydrogen-bond acceptors (Lipinski definition) is 11. The maximum Gasteiger partial charge on any atom is 0.178 e. The van der Waals surface area contributed by atoms with Crippen molar-refractivity contribution in [1.29, 1.82) is 0 Å². The van der Waals surface area contributed by atoms with Gasteiger partial charge in [0, 0.05) is 101 Å². The van der Waals surface area contributed by atoms with Crippen molar-refractivity contribution in [1.82, 2.24) is 29.7 Å². The van der Waals surface area contributed by atoms with Crippen LogP contribution >= 0.6 is 0 Å². The number of carbonyl (C=O) groups excluding carboxylic acids is 3. The van der Waals surface area contributed by atoms with E-state index in [0.717, 1.165) is 22.5 Å². The average Bonchev–Trinajstić information content (AvgIpc) is 3.29. The van der Waals surface area contributed by atoms with Crippen LogP contribution in [0.2, 0.25) is 0 Å². The number of fused-ring (bicyclic) bond motifs is 2. The fourth-order valence-electron chi connectivity index (χ4n) is 7.06. The number of ketones is 3. The Morgan fingerprint density at radius 2 is 0.985 bits per heavy atom. The van der Waals surface area contributed by atoms with Gasteiger partial charge in [0.1, 0.15) is 28.7 Å². The second-order valence-electron chi connectivity index (χ2n) is 15.8. The van der Waals surface area contributed by atoms with Crippen LogP contribution in [0.25, 0.3) is 0 Å². The second kappa shape index (κ2) is 23.9. The molecule has 0 saturated heterocycles. The zero-order valence-corrected chi connectivity index (χ0v) is 37.2. The van der Waals surface area contributed by atoms with Crippen LogP contribution in [0.5, 0.6) is 11.5 Å². The highest BCUT2D eigenvalue weighted by Crippen LogP contribution is 2.18. The number of carbonyl (C=O) groups is 3. The number of hydrogen-bond donors (Lipinski definition) is 0. The quantitative estimate of drug-likeness (QED) is 0.0668. The number of pyridine rings is 3. The van der Waals surface area contributed by atoms with Crippen LogP contribution in [0.3, 0.4) is 0 Å². The Morgan fingerprint density at radius 1 is 0.554 bits per heavy atom. The fraction of sp³-hybridized carbons (Fsp3) is 0.296. The van der Waals surface area contributed by atoms with Gasteiger partial charge in [0.15, 0.2) is 11.6 Å². The first kappa shape index (κ1) is 47.1. The molecular formula is C54H52N6O5. The topological polar surface area (TPSA) is 118 Å². The molecule has 2 bridgehead atoms. The highest BCUT2D eigenvalue weighted by atomic mass is 16.5. The predicted octanol–water partition coefficient (Wildman–Crippen LogP) is 6.79. The van der Waals surface area contributed by atoms with E-state index in [2.05, 4.69) is 50.2 Å². The summed E-state index contributed by atoms with van der Waals surface area (Å²) in [7, 11) is 0. The van der Waals surface area contributed by atoms with Crippen LogP contribution < -0.4 is 9.47 Å². The van der Waals surface area contributed by atoms with Crippen molar-refractivity contribution in [2.24, 2.45) is 0 Å². The molecule has 0 aliphatic carbocycles. The molecule has 0 unspecified atom stereocenters. The molecule has 5 aromatic rings. The fourth-order valence-corrected chi connectivity index (χ4v) is 7.06. The van der Waals surface area contributed by atoms with Crippen molar-refractivity contribution in [2.75, 3.05) is 45.9 Å². The Bertz CT molecular complexity index is 2690. The molecule has 0 atom stereocenters. The maximum absolute atomic E-state index is 12.8. The highest BCUT2D eigenvalue weighted by Gasteiger charge is 2.19. The summed E-state index contributed by atoms with van der Waals surface area (Å²) >= 11 is 0. The number of Topliss-reactive ketones (excluding diaryl/α,β-unsaturated/α-hetero) is 3. The van der Waals surface area contributed by atoms with Crippen molar-refractivity contribution in [2.45, 2.75) is 59.8 Å². The van der Waals surface area contributed by atoms with Gasteiger partial charge in [-0.15, -0.1) is 24.7 Å². The number of terminal acetylenes is 2. The van der Waals surface area contributed by atoms with Crippen molar-refractivity contribution in [3.63, 3.8) is 0 Å². The first-order chi connectivity index (χ1) is 31.5. The van der Waals surface area contributed by atoms with E-state index >= 15 is 0 Å². The zero-order valence-electron chi connectivity index (χ0n) is 37.2. The highest BCUT2D eigenvalue weighted by molar-refractivity contribution is 5.93. The van der Waals surface area contributed by atoms with E-state index in [-0.39, 0.29) is 23.9 Å². The van der Waals surface area contributed by atoms with Crippen LogP contribution in [0.15, 0.2) is 91.0 Å². The van der Waals surface area contributed by atoms with E-state index in [1.165, 1.54) is 13.8 Å². The van der Waals surface area contributed by atoms with Gasteiger partial charge in [-0.3, -0.25) is 34.1 Å². The van der Waals surface area contributed by atoms with E-state index in [4.69, 9.17) is 37.3 Å². The summed E-state index contributed by atoms with van der Waals surface area (Å²) in [4.78, 5) is 59.2. The molecule has 1 aliphatic rings. The molecule has 11 heteroatoms. The van der Waals surface area contributed by atoms with Crippen LogP contribution in [0.4, 0.5) is 0 Å². The van der Waals surface area contributed by atoms with Gasteiger partial charge in [-0.1, -0.05) is 29.7 Å². The van der Waals surface area contributed by atoms with Crippen molar-refractivity contribution < 1.29 is 23.9 Å². The van der Waals surface area contributed by atoms with Gasteiger partial charge in [-0.05, 0) is 91.9 Å². The smallest absolute Gasteiger partial charge is 0.178 e. The summed E-state index contributed by atoms with van der Waals surface area (Å²) in [6, 6.07) is 28.2. The molecule has 2 aromatic carbocycles. The minimum atomic E-state index is -0.159. The number of rotatable bonds is 14. The lowest BCUT2D eigenvalue weighted by Gasteiger charge is -2.31. The van der Waals surface area contributed by atoms with Gasteiger partial charge >= 0.3 is 0 Å². The van der Waals surface area contributed by atoms with Crippen molar-refractivity contribution >= 4 is 17.3 Å². The Balaban J connectivity index is 1.26. The Labute approximate surface area is 382 Å². The molecule has 0 radical (unpaired) electrons. The molecule has 0 spiro atoms. The van der Waals surface area contributed by atoms with E-state index in [1.54, 1.807) is 19.1 Å². The maximum atomic E-state index is 12.8. The summed E-state index contributed by atoms with van der Waals surface area (Å²) < 4.78 is 11.3. The summed E-state index contributed by atoms with van der Waals surface area (Å²) in [6.45, 7) is 10.1. The summed E-state index contributed by atoms with van der Waals surface area (Å²) in [5.74, 6) is 19.2. The lowest BCUT2D eigenvalue weighted by molar-refractivity contribution is -0.118. The third-order valence-corrected chi connectivity index (χ3v) is 10.2. The molecule has 328 valence electrons.